The molecule has 0 heterocycles. The number of amides is 2. The molecule has 32 heavy (non-hydrogen) atoms. The number of hydrogen-bond donors (Lipinski definition) is 1. The Bertz CT molecular complexity index is 1020. The van der Waals surface area contributed by atoms with Crippen molar-refractivity contribution in [3.05, 3.63) is 106 Å². The second-order valence-electron chi connectivity index (χ2n) is 7.65. The zero-order valence-corrected chi connectivity index (χ0v) is 18.7. The Morgan fingerprint density at radius 2 is 1.53 bits per heavy atom. The molecular formula is C26H26ClFN2O2. The molecule has 1 atom stereocenters. The first kappa shape index (κ1) is 23.5. The smallest absolute Gasteiger partial charge is 0.242 e. The second kappa shape index (κ2) is 11.4. The average molecular weight is 453 g/mol. The number of nitrogens with one attached hydrogen (secondary N) is 1. The van der Waals surface area contributed by atoms with Crippen LogP contribution in [0.2, 0.25) is 5.02 Å². The molecule has 3 rings (SSSR count). The summed E-state index contributed by atoms with van der Waals surface area (Å²) in [5, 5.41) is 3.52. The lowest BCUT2D eigenvalue weighted by Crippen LogP contribution is -2.48. The Labute approximate surface area is 193 Å². The van der Waals surface area contributed by atoms with Crippen molar-refractivity contribution in [1.82, 2.24) is 10.2 Å². The van der Waals surface area contributed by atoms with Gasteiger partial charge in [-0.05, 0) is 54.3 Å². The molecule has 4 nitrogen and oxygen atoms in total. The minimum absolute atomic E-state index is 0.139. The number of rotatable bonds is 9. The van der Waals surface area contributed by atoms with Crippen LogP contribution in [0.15, 0.2) is 78.9 Å². The fourth-order valence-corrected chi connectivity index (χ4v) is 3.50. The molecule has 0 spiro atoms. The lowest BCUT2D eigenvalue weighted by molar-refractivity contribution is -0.140. The normalized spacial score (nSPS) is 11.6. The van der Waals surface area contributed by atoms with E-state index in [1.54, 1.807) is 43.3 Å². The minimum Gasteiger partial charge on any atom is -0.354 e. The van der Waals surface area contributed by atoms with E-state index in [9.17, 15) is 14.0 Å². The summed E-state index contributed by atoms with van der Waals surface area (Å²) in [6, 6.07) is 22.2. The lowest BCUT2D eigenvalue weighted by atomic mass is 10.1. The van der Waals surface area contributed by atoms with Gasteiger partial charge in [-0.15, -0.1) is 0 Å². The molecule has 166 valence electrons. The van der Waals surface area contributed by atoms with Crippen LogP contribution >= 0.6 is 11.6 Å². The summed E-state index contributed by atoms with van der Waals surface area (Å²) in [5.74, 6) is -0.769. The first-order valence-electron chi connectivity index (χ1n) is 10.5. The van der Waals surface area contributed by atoms with E-state index in [0.29, 0.717) is 18.0 Å². The minimum atomic E-state index is -0.685. The summed E-state index contributed by atoms with van der Waals surface area (Å²) in [4.78, 5) is 27.5. The van der Waals surface area contributed by atoms with Crippen molar-refractivity contribution in [2.75, 3.05) is 6.54 Å². The van der Waals surface area contributed by atoms with Crippen LogP contribution < -0.4 is 5.32 Å². The molecule has 0 bridgehead atoms. The van der Waals surface area contributed by atoms with Crippen molar-refractivity contribution < 1.29 is 14.0 Å². The number of carbonyl (C=O) groups is 2. The van der Waals surface area contributed by atoms with Crippen molar-refractivity contribution in [3.63, 3.8) is 0 Å². The third-order valence-corrected chi connectivity index (χ3v) is 5.51. The topological polar surface area (TPSA) is 49.4 Å². The molecule has 0 aliphatic carbocycles. The zero-order valence-electron chi connectivity index (χ0n) is 17.9. The van der Waals surface area contributed by atoms with Crippen LogP contribution in [0.4, 0.5) is 4.39 Å². The monoisotopic (exact) mass is 452 g/mol. The maximum Gasteiger partial charge on any atom is 0.242 e. The molecule has 0 aliphatic heterocycles. The molecule has 0 saturated heterocycles. The SMILES string of the molecule is C[C@H](C(=O)NCCc1ccccc1)N(Cc1ccc(F)cc1)C(=O)Cc1ccc(Cl)cc1. The van der Waals surface area contributed by atoms with Crippen LogP contribution in [0.1, 0.15) is 23.6 Å². The van der Waals surface area contributed by atoms with E-state index in [4.69, 9.17) is 11.6 Å². The summed E-state index contributed by atoms with van der Waals surface area (Å²) < 4.78 is 13.3. The number of nitrogens with zero attached hydrogens (tertiary/aromatic N) is 1. The van der Waals surface area contributed by atoms with E-state index in [1.165, 1.54) is 17.0 Å². The fraction of sp³-hybridized carbons (Fsp3) is 0.231. The van der Waals surface area contributed by atoms with Crippen molar-refractivity contribution in [3.8, 4) is 0 Å². The van der Waals surface area contributed by atoms with Crippen LogP contribution in [0.3, 0.4) is 0 Å². The van der Waals surface area contributed by atoms with Gasteiger partial charge in [-0.3, -0.25) is 9.59 Å². The van der Waals surface area contributed by atoms with E-state index in [1.807, 2.05) is 30.3 Å². The predicted molar refractivity (Wildman–Crippen MR) is 125 cm³/mol. The maximum absolute atomic E-state index is 13.3. The highest BCUT2D eigenvalue weighted by Gasteiger charge is 2.26. The molecule has 0 radical (unpaired) electrons. The molecule has 0 aliphatic rings. The molecule has 2 amide bonds. The molecule has 6 heteroatoms. The van der Waals surface area contributed by atoms with Gasteiger partial charge >= 0.3 is 0 Å². The zero-order chi connectivity index (χ0) is 22.9. The first-order valence-corrected chi connectivity index (χ1v) is 10.9. The van der Waals surface area contributed by atoms with Gasteiger partial charge in [0, 0.05) is 18.1 Å². The molecule has 0 saturated carbocycles. The van der Waals surface area contributed by atoms with E-state index in [-0.39, 0.29) is 30.6 Å². The Kier molecular flexibility index (Phi) is 8.40. The van der Waals surface area contributed by atoms with Gasteiger partial charge in [-0.25, -0.2) is 4.39 Å². The van der Waals surface area contributed by atoms with Crippen molar-refractivity contribution in [1.29, 1.82) is 0 Å². The van der Waals surface area contributed by atoms with Gasteiger partial charge in [-0.2, -0.15) is 0 Å². The summed E-state index contributed by atoms with van der Waals surface area (Å²) >= 11 is 5.94. The third kappa shape index (κ3) is 6.92. The van der Waals surface area contributed by atoms with E-state index < -0.39 is 6.04 Å². The molecule has 0 unspecified atom stereocenters. The highest BCUT2D eigenvalue weighted by atomic mass is 35.5. The van der Waals surface area contributed by atoms with Crippen LogP contribution in [-0.4, -0.2) is 29.3 Å². The fourth-order valence-electron chi connectivity index (χ4n) is 3.37. The van der Waals surface area contributed by atoms with Gasteiger partial charge in [0.05, 0.1) is 6.42 Å². The first-order chi connectivity index (χ1) is 15.4. The van der Waals surface area contributed by atoms with Gasteiger partial charge in [-0.1, -0.05) is 66.2 Å². The molecule has 3 aromatic carbocycles. The van der Waals surface area contributed by atoms with Crippen molar-refractivity contribution in [2.45, 2.75) is 32.4 Å². The quantitative estimate of drug-likeness (QED) is 0.507. The predicted octanol–water partition coefficient (Wildman–Crippen LogP) is 4.80. The van der Waals surface area contributed by atoms with E-state index >= 15 is 0 Å². The number of carbonyl (C=O) groups excluding carboxylic acids is 2. The average Bonchev–Trinajstić information content (AvgIpc) is 2.80. The highest BCUT2D eigenvalue weighted by Crippen LogP contribution is 2.15. The Balaban J connectivity index is 1.69. The van der Waals surface area contributed by atoms with Crippen molar-refractivity contribution in [2.24, 2.45) is 0 Å². The summed E-state index contributed by atoms with van der Waals surface area (Å²) in [6.45, 7) is 2.39. The van der Waals surface area contributed by atoms with Gasteiger partial charge < -0.3 is 10.2 Å². The van der Waals surface area contributed by atoms with Crippen molar-refractivity contribution >= 4 is 23.4 Å². The van der Waals surface area contributed by atoms with Crippen LogP contribution in [0, 0.1) is 5.82 Å². The maximum atomic E-state index is 13.3. The summed E-state index contributed by atoms with van der Waals surface area (Å²) in [5.41, 5.74) is 2.68. The van der Waals surface area contributed by atoms with Crippen LogP contribution in [0.5, 0.6) is 0 Å². The number of halogens is 2. The van der Waals surface area contributed by atoms with E-state index in [0.717, 1.165) is 16.7 Å². The largest absolute Gasteiger partial charge is 0.354 e. The van der Waals surface area contributed by atoms with Gasteiger partial charge in [0.2, 0.25) is 11.8 Å². The van der Waals surface area contributed by atoms with Crippen LogP contribution in [0.25, 0.3) is 0 Å². The molecule has 3 aromatic rings. The lowest BCUT2D eigenvalue weighted by Gasteiger charge is -2.29. The Morgan fingerprint density at radius 1 is 0.906 bits per heavy atom. The number of hydrogen-bond acceptors (Lipinski definition) is 2. The molecule has 1 N–H and O–H groups in total. The molecular weight excluding hydrogens is 427 g/mol. The Hall–Kier alpha value is -3.18. The second-order valence-corrected chi connectivity index (χ2v) is 8.09. The van der Waals surface area contributed by atoms with Gasteiger partial charge in [0.1, 0.15) is 11.9 Å². The highest BCUT2D eigenvalue weighted by molar-refractivity contribution is 6.30. The van der Waals surface area contributed by atoms with Gasteiger partial charge in [0.15, 0.2) is 0 Å². The molecule has 0 aromatic heterocycles. The summed E-state index contributed by atoms with van der Waals surface area (Å²) in [6.07, 6.45) is 0.843. The third-order valence-electron chi connectivity index (χ3n) is 5.26. The van der Waals surface area contributed by atoms with Crippen LogP contribution in [-0.2, 0) is 29.0 Å². The standard InChI is InChI=1S/C26H26ClFN2O2/c1-19(26(32)29-16-15-20-5-3-2-4-6-20)30(18-22-9-13-24(28)14-10-22)25(31)17-21-7-11-23(27)12-8-21/h2-14,19H,15-18H2,1H3,(H,29,32)/t19-/m1/s1. The summed E-state index contributed by atoms with van der Waals surface area (Å²) in [7, 11) is 0. The molecule has 0 fully saturated rings. The van der Waals surface area contributed by atoms with E-state index in [2.05, 4.69) is 5.32 Å². The van der Waals surface area contributed by atoms with Gasteiger partial charge in [0.25, 0.3) is 0 Å². The Morgan fingerprint density at radius 3 is 2.19 bits per heavy atom. The number of benzene rings is 3.